The zero-order valence-electron chi connectivity index (χ0n) is 14.3. The van der Waals surface area contributed by atoms with Crippen molar-refractivity contribution in [1.82, 2.24) is 14.8 Å². The molecular formula is C19H24ClN3O. The molecule has 1 amide bonds. The van der Waals surface area contributed by atoms with E-state index in [2.05, 4.69) is 10.2 Å². The van der Waals surface area contributed by atoms with Crippen LogP contribution in [0.5, 0.6) is 0 Å². The van der Waals surface area contributed by atoms with Crippen LogP contribution in [0.4, 0.5) is 0 Å². The normalized spacial score (nSPS) is 20.0. The maximum absolute atomic E-state index is 13.1. The molecule has 128 valence electrons. The maximum Gasteiger partial charge on any atom is 0.246 e. The van der Waals surface area contributed by atoms with Crippen LogP contribution >= 0.6 is 11.6 Å². The summed E-state index contributed by atoms with van der Waals surface area (Å²) in [6, 6.07) is 7.84. The summed E-state index contributed by atoms with van der Waals surface area (Å²) in [5.74, 6) is 0.0815. The first-order chi connectivity index (χ1) is 11.4. The van der Waals surface area contributed by atoms with Crippen molar-refractivity contribution in [1.29, 1.82) is 0 Å². The van der Waals surface area contributed by atoms with E-state index in [1.807, 2.05) is 48.9 Å². The van der Waals surface area contributed by atoms with Crippen molar-refractivity contribution in [3.63, 3.8) is 0 Å². The Morgan fingerprint density at radius 1 is 1.29 bits per heavy atom. The molecule has 4 nitrogen and oxygen atoms in total. The lowest BCUT2D eigenvalue weighted by molar-refractivity contribution is -0.129. The molecule has 1 aromatic carbocycles. The predicted octanol–water partition coefficient (Wildman–Crippen LogP) is 3.38. The van der Waals surface area contributed by atoms with Gasteiger partial charge in [0.1, 0.15) is 5.54 Å². The fourth-order valence-corrected chi connectivity index (χ4v) is 3.70. The number of rotatable bonds is 5. The Morgan fingerprint density at radius 2 is 2.04 bits per heavy atom. The van der Waals surface area contributed by atoms with E-state index in [0.717, 1.165) is 30.3 Å². The Morgan fingerprint density at radius 3 is 2.67 bits per heavy atom. The van der Waals surface area contributed by atoms with Gasteiger partial charge >= 0.3 is 0 Å². The number of aromatic nitrogens is 1. The largest absolute Gasteiger partial charge is 0.347 e. The first-order valence-electron chi connectivity index (χ1n) is 8.72. The van der Waals surface area contributed by atoms with Crippen LogP contribution in [0.2, 0.25) is 5.02 Å². The van der Waals surface area contributed by atoms with Gasteiger partial charge in [-0.1, -0.05) is 17.7 Å². The minimum Gasteiger partial charge on any atom is -0.347 e. The van der Waals surface area contributed by atoms with E-state index in [9.17, 15) is 4.79 Å². The molecule has 1 aliphatic heterocycles. The number of likely N-dealkylation sites (tertiary alicyclic amines) is 1. The van der Waals surface area contributed by atoms with Crippen molar-refractivity contribution in [3.05, 3.63) is 35.5 Å². The molecule has 2 fully saturated rings. The van der Waals surface area contributed by atoms with Gasteiger partial charge < -0.3 is 14.8 Å². The number of fused-ring (bicyclic) bond motifs is 1. The van der Waals surface area contributed by atoms with E-state index < -0.39 is 5.54 Å². The third-order valence-corrected chi connectivity index (χ3v) is 5.76. The Balaban J connectivity index is 1.56. The number of nitrogens with zero attached hydrogens (tertiary/aromatic N) is 2. The van der Waals surface area contributed by atoms with Crippen LogP contribution in [-0.2, 0) is 10.3 Å². The zero-order valence-corrected chi connectivity index (χ0v) is 15.1. The summed E-state index contributed by atoms with van der Waals surface area (Å²) in [5.41, 5.74) is 0.335. The average Bonchev–Trinajstić information content (AvgIpc) is 3.11. The van der Waals surface area contributed by atoms with Crippen molar-refractivity contribution in [3.8, 4) is 0 Å². The quantitative estimate of drug-likeness (QED) is 0.902. The van der Waals surface area contributed by atoms with E-state index in [1.54, 1.807) is 0 Å². The number of carbonyl (C=O) groups is 1. The summed E-state index contributed by atoms with van der Waals surface area (Å²) in [6.45, 7) is 7.28. The van der Waals surface area contributed by atoms with Crippen molar-refractivity contribution >= 4 is 28.4 Å². The standard InChI is InChI=1S/C19H24ClN3O/c1-18(2,23-11-6-14-4-5-15(20)12-16(14)23)17(24)21-19(7-8-19)13-22-9-3-10-22/h4-6,11-12H,3,7-10,13H2,1-2H3,(H,21,24). The topological polar surface area (TPSA) is 37.3 Å². The van der Waals surface area contributed by atoms with Gasteiger partial charge in [-0.05, 0) is 69.8 Å². The highest BCUT2D eigenvalue weighted by Crippen LogP contribution is 2.38. The first kappa shape index (κ1) is 16.0. The Hall–Kier alpha value is -1.52. The van der Waals surface area contributed by atoms with Gasteiger partial charge in [0.05, 0.1) is 11.1 Å². The number of hydrogen-bond acceptors (Lipinski definition) is 2. The van der Waals surface area contributed by atoms with Crippen molar-refractivity contribution in [2.75, 3.05) is 19.6 Å². The van der Waals surface area contributed by atoms with Crippen molar-refractivity contribution < 1.29 is 4.79 Å². The SMILES string of the molecule is CC(C)(C(=O)NC1(CN2CCC2)CC1)n1ccc2ccc(Cl)cc21. The molecular weight excluding hydrogens is 322 g/mol. The fourth-order valence-electron chi connectivity index (χ4n) is 3.53. The first-order valence-corrected chi connectivity index (χ1v) is 9.10. The molecule has 0 bridgehead atoms. The minimum absolute atomic E-state index is 0.00459. The van der Waals surface area contributed by atoms with Crippen LogP contribution in [0.25, 0.3) is 10.9 Å². The third kappa shape index (κ3) is 2.72. The molecule has 4 rings (SSSR count). The van der Waals surface area contributed by atoms with E-state index in [0.29, 0.717) is 5.02 Å². The molecule has 1 saturated carbocycles. The number of benzene rings is 1. The molecule has 1 aliphatic carbocycles. The van der Waals surface area contributed by atoms with E-state index >= 15 is 0 Å². The van der Waals surface area contributed by atoms with Crippen LogP contribution < -0.4 is 5.32 Å². The number of nitrogens with one attached hydrogen (secondary N) is 1. The number of carbonyl (C=O) groups excluding carboxylic acids is 1. The Kier molecular flexibility index (Phi) is 3.66. The van der Waals surface area contributed by atoms with Crippen LogP contribution in [0.15, 0.2) is 30.5 Å². The molecule has 24 heavy (non-hydrogen) atoms. The monoisotopic (exact) mass is 345 g/mol. The average molecular weight is 346 g/mol. The summed E-state index contributed by atoms with van der Waals surface area (Å²) in [4.78, 5) is 15.5. The smallest absolute Gasteiger partial charge is 0.246 e. The second-order valence-corrected chi connectivity index (χ2v) is 8.25. The molecule has 1 saturated heterocycles. The van der Waals surface area contributed by atoms with E-state index in [1.165, 1.54) is 19.5 Å². The zero-order chi connectivity index (χ0) is 16.9. The second-order valence-electron chi connectivity index (χ2n) is 7.81. The van der Waals surface area contributed by atoms with Crippen LogP contribution in [-0.4, -0.2) is 40.5 Å². The maximum atomic E-state index is 13.1. The molecule has 1 aromatic heterocycles. The van der Waals surface area contributed by atoms with Gasteiger partial charge in [-0.2, -0.15) is 0 Å². The minimum atomic E-state index is -0.656. The van der Waals surface area contributed by atoms with Gasteiger partial charge in [0.2, 0.25) is 5.91 Å². The molecule has 0 radical (unpaired) electrons. The number of amides is 1. The van der Waals surface area contributed by atoms with Gasteiger partial charge in [-0.25, -0.2) is 0 Å². The molecule has 0 spiro atoms. The van der Waals surface area contributed by atoms with Gasteiger partial charge in [0, 0.05) is 17.8 Å². The lowest BCUT2D eigenvalue weighted by atomic mass is 10.0. The van der Waals surface area contributed by atoms with Crippen LogP contribution in [0, 0.1) is 0 Å². The number of halogens is 1. The van der Waals surface area contributed by atoms with Gasteiger partial charge in [-0.15, -0.1) is 0 Å². The molecule has 0 atom stereocenters. The predicted molar refractivity (Wildman–Crippen MR) is 97.4 cm³/mol. The van der Waals surface area contributed by atoms with E-state index in [4.69, 9.17) is 11.6 Å². The van der Waals surface area contributed by atoms with Crippen molar-refractivity contribution in [2.24, 2.45) is 0 Å². The summed E-state index contributed by atoms with van der Waals surface area (Å²) >= 11 is 6.15. The highest BCUT2D eigenvalue weighted by molar-refractivity contribution is 6.31. The summed E-state index contributed by atoms with van der Waals surface area (Å²) in [5, 5.41) is 5.13. The second kappa shape index (κ2) is 5.50. The van der Waals surface area contributed by atoms with Crippen LogP contribution in [0.3, 0.4) is 0 Å². The van der Waals surface area contributed by atoms with Crippen LogP contribution in [0.1, 0.15) is 33.1 Å². The van der Waals surface area contributed by atoms with Gasteiger partial charge in [0.15, 0.2) is 0 Å². The molecule has 0 unspecified atom stereocenters. The lowest BCUT2D eigenvalue weighted by Crippen LogP contribution is -2.54. The van der Waals surface area contributed by atoms with E-state index in [-0.39, 0.29) is 11.4 Å². The molecule has 2 aromatic rings. The number of hydrogen-bond donors (Lipinski definition) is 1. The summed E-state index contributed by atoms with van der Waals surface area (Å²) in [6.07, 6.45) is 5.44. The highest BCUT2D eigenvalue weighted by Gasteiger charge is 2.48. The van der Waals surface area contributed by atoms with Gasteiger partial charge in [-0.3, -0.25) is 4.79 Å². The third-order valence-electron chi connectivity index (χ3n) is 5.52. The van der Waals surface area contributed by atoms with Gasteiger partial charge in [0.25, 0.3) is 0 Å². The Bertz CT molecular complexity index is 787. The molecule has 2 heterocycles. The molecule has 2 aliphatic rings. The fraction of sp³-hybridized carbons (Fsp3) is 0.526. The lowest BCUT2D eigenvalue weighted by Gasteiger charge is -2.36. The Labute approximate surface area is 147 Å². The summed E-state index contributed by atoms with van der Waals surface area (Å²) in [7, 11) is 0. The van der Waals surface area contributed by atoms with Crippen molar-refractivity contribution in [2.45, 2.75) is 44.2 Å². The molecule has 5 heteroatoms. The highest BCUT2D eigenvalue weighted by atomic mass is 35.5. The summed E-state index contributed by atoms with van der Waals surface area (Å²) < 4.78 is 2.03. The molecule has 1 N–H and O–H groups in total.